The quantitative estimate of drug-likeness (QED) is 0.281. The van der Waals surface area contributed by atoms with Gasteiger partial charge in [-0.1, -0.05) is 63.8 Å². The molecule has 1 aliphatic carbocycles. The Kier molecular flexibility index (Phi) is 10.9. The zero-order valence-corrected chi connectivity index (χ0v) is 25.9. The first-order valence-electron chi connectivity index (χ1n) is 15.7. The minimum Gasteiger partial charge on any atom is -0.497 e. The van der Waals surface area contributed by atoms with Gasteiger partial charge in [-0.15, -0.1) is 0 Å². The van der Waals surface area contributed by atoms with Crippen LogP contribution in [0.1, 0.15) is 89.7 Å². The van der Waals surface area contributed by atoms with Crippen molar-refractivity contribution in [2.24, 2.45) is 17.8 Å². The van der Waals surface area contributed by atoms with Crippen molar-refractivity contribution in [3.63, 3.8) is 0 Å². The molecule has 220 valence electrons. The van der Waals surface area contributed by atoms with Crippen LogP contribution in [0.25, 0.3) is 0 Å². The molecule has 2 aromatic carbocycles. The molecule has 0 bridgehead atoms. The van der Waals surface area contributed by atoms with Crippen LogP contribution in [0.3, 0.4) is 0 Å². The molecule has 1 N–H and O–H groups in total. The lowest BCUT2D eigenvalue weighted by Gasteiger charge is -2.36. The number of amides is 1. The number of carbonyl (C=O) groups excluding carboxylic acids is 1. The summed E-state index contributed by atoms with van der Waals surface area (Å²) < 4.78 is 5.41. The van der Waals surface area contributed by atoms with Gasteiger partial charge in [-0.2, -0.15) is 0 Å². The molecule has 4 rings (SSSR count). The smallest absolute Gasteiger partial charge is 0.219 e. The summed E-state index contributed by atoms with van der Waals surface area (Å²) in [6.07, 6.45) is 9.04. The summed E-state index contributed by atoms with van der Waals surface area (Å²) in [5, 5.41) is 3.87. The second-order valence-electron chi connectivity index (χ2n) is 12.6. The summed E-state index contributed by atoms with van der Waals surface area (Å²) in [6.45, 7) is 11.8. The first-order valence-corrected chi connectivity index (χ1v) is 15.7. The number of carbonyl (C=O) groups is 1. The van der Waals surface area contributed by atoms with Crippen LogP contribution in [0.4, 0.5) is 5.69 Å². The van der Waals surface area contributed by atoms with E-state index >= 15 is 0 Å². The second kappa shape index (κ2) is 14.4. The maximum atomic E-state index is 11.7. The van der Waals surface area contributed by atoms with E-state index in [9.17, 15) is 4.79 Å². The Bertz CT molecular complexity index is 1050. The Morgan fingerprint density at radius 2 is 1.73 bits per heavy atom. The van der Waals surface area contributed by atoms with Crippen molar-refractivity contribution in [3.8, 4) is 5.75 Å². The van der Waals surface area contributed by atoms with Crippen molar-refractivity contribution < 1.29 is 9.53 Å². The van der Waals surface area contributed by atoms with Gasteiger partial charge in [0.1, 0.15) is 5.75 Å². The summed E-state index contributed by atoms with van der Waals surface area (Å²) in [6, 6.07) is 18.6. The third-order valence-corrected chi connectivity index (χ3v) is 10.2. The summed E-state index contributed by atoms with van der Waals surface area (Å²) >= 11 is 0. The Morgan fingerprint density at radius 3 is 2.33 bits per heavy atom. The van der Waals surface area contributed by atoms with Gasteiger partial charge in [-0.25, -0.2) is 0 Å². The molecule has 1 amide bonds. The van der Waals surface area contributed by atoms with E-state index in [1.54, 1.807) is 14.0 Å². The van der Waals surface area contributed by atoms with Crippen LogP contribution >= 0.6 is 0 Å². The zero-order valence-electron chi connectivity index (χ0n) is 25.9. The minimum atomic E-state index is 0.159. The Balaban J connectivity index is 1.36. The fourth-order valence-electron chi connectivity index (χ4n) is 7.22. The number of nitrogens with zero attached hydrogens (tertiary/aromatic N) is 2. The number of ether oxygens (including phenoxy) is 1. The monoisotopic (exact) mass is 547 g/mol. The van der Waals surface area contributed by atoms with E-state index in [2.05, 4.69) is 79.5 Å². The van der Waals surface area contributed by atoms with E-state index in [4.69, 9.17) is 4.74 Å². The molecule has 0 aromatic heterocycles. The topological polar surface area (TPSA) is 44.8 Å². The van der Waals surface area contributed by atoms with Gasteiger partial charge in [-0.05, 0) is 85.3 Å². The molecule has 1 saturated heterocycles. The van der Waals surface area contributed by atoms with E-state index in [0.29, 0.717) is 29.8 Å². The Labute approximate surface area is 243 Å². The van der Waals surface area contributed by atoms with Gasteiger partial charge in [0.25, 0.3) is 0 Å². The van der Waals surface area contributed by atoms with Crippen LogP contribution in [0.2, 0.25) is 0 Å². The Hall–Kier alpha value is -2.53. The van der Waals surface area contributed by atoms with Crippen molar-refractivity contribution in [2.45, 2.75) is 97.2 Å². The molecule has 1 aliphatic heterocycles. The molecule has 2 aromatic rings. The van der Waals surface area contributed by atoms with Gasteiger partial charge in [0.05, 0.1) is 7.11 Å². The van der Waals surface area contributed by atoms with Crippen molar-refractivity contribution >= 4 is 11.6 Å². The van der Waals surface area contributed by atoms with E-state index in [1.165, 1.54) is 55.3 Å². The number of benzene rings is 2. The third kappa shape index (κ3) is 7.81. The highest BCUT2D eigenvalue weighted by molar-refractivity contribution is 5.73. The third-order valence-electron chi connectivity index (χ3n) is 10.2. The first kappa shape index (κ1) is 30.4. The Morgan fingerprint density at radius 1 is 1.05 bits per heavy atom. The summed E-state index contributed by atoms with van der Waals surface area (Å²) in [5.41, 5.74) is 4.00. The summed E-state index contributed by atoms with van der Waals surface area (Å²) in [7, 11) is 3.67. The van der Waals surface area contributed by atoms with Crippen molar-refractivity contribution in [2.75, 3.05) is 32.6 Å². The predicted molar refractivity (Wildman–Crippen MR) is 167 cm³/mol. The van der Waals surface area contributed by atoms with Crippen molar-refractivity contribution in [1.82, 2.24) is 9.80 Å². The SMILES string of the molecule is CCC(CC(C1CCCC1)C(C)C(C)Nc1ccc(CN2CCC(N(C)C(C)=O)C2)cc1)c1ccc(OC)cc1. The molecule has 5 heteroatoms. The summed E-state index contributed by atoms with van der Waals surface area (Å²) in [4.78, 5) is 16.1. The highest BCUT2D eigenvalue weighted by Crippen LogP contribution is 2.43. The van der Waals surface area contributed by atoms with Gasteiger partial charge >= 0.3 is 0 Å². The molecule has 40 heavy (non-hydrogen) atoms. The maximum absolute atomic E-state index is 11.7. The van der Waals surface area contributed by atoms with E-state index in [0.717, 1.165) is 37.7 Å². The average Bonchev–Trinajstić information content (AvgIpc) is 3.67. The number of likely N-dealkylation sites (tertiary alicyclic amines) is 1. The maximum Gasteiger partial charge on any atom is 0.219 e. The highest BCUT2D eigenvalue weighted by Gasteiger charge is 2.34. The normalized spacial score (nSPS) is 21.1. The van der Waals surface area contributed by atoms with Crippen LogP contribution in [0, 0.1) is 17.8 Å². The molecule has 1 saturated carbocycles. The fraction of sp³-hybridized carbons (Fsp3) is 0.629. The fourth-order valence-corrected chi connectivity index (χ4v) is 7.22. The lowest BCUT2D eigenvalue weighted by Crippen LogP contribution is -2.37. The minimum absolute atomic E-state index is 0.159. The van der Waals surface area contributed by atoms with E-state index in [-0.39, 0.29) is 5.91 Å². The van der Waals surface area contributed by atoms with Gasteiger partial charge in [0, 0.05) is 51.4 Å². The number of nitrogens with one attached hydrogen (secondary N) is 1. The second-order valence-corrected chi connectivity index (χ2v) is 12.6. The highest BCUT2D eigenvalue weighted by atomic mass is 16.5. The van der Waals surface area contributed by atoms with Crippen LogP contribution in [0.5, 0.6) is 5.75 Å². The van der Waals surface area contributed by atoms with Crippen LogP contribution in [-0.2, 0) is 11.3 Å². The molecule has 5 atom stereocenters. The van der Waals surface area contributed by atoms with E-state index < -0.39 is 0 Å². The van der Waals surface area contributed by atoms with Crippen molar-refractivity contribution in [3.05, 3.63) is 59.7 Å². The number of anilines is 1. The number of likely N-dealkylation sites (N-methyl/N-ethyl adjacent to an activating group) is 1. The molecule has 5 nitrogen and oxygen atoms in total. The zero-order chi connectivity index (χ0) is 28.6. The van der Waals surface area contributed by atoms with Gasteiger partial charge in [0.2, 0.25) is 5.91 Å². The molecule has 2 aliphatic rings. The number of hydrogen-bond donors (Lipinski definition) is 1. The van der Waals surface area contributed by atoms with Crippen LogP contribution < -0.4 is 10.1 Å². The predicted octanol–water partition coefficient (Wildman–Crippen LogP) is 7.57. The van der Waals surface area contributed by atoms with Gasteiger partial charge < -0.3 is 15.0 Å². The molecule has 2 fully saturated rings. The largest absolute Gasteiger partial charge is 0.497 e. The molecule has 0 radical (unpaired) electrons. The van der Waals surface area contributed by atoms with Crippen LogP contribution in [-0.4, -0.2) is 55.0 Å². The lowest BCUT2D eigenvalue weighted by molar-refractivity contribution is -0.129. The van der Waals surface area contributed by atoms with Gasteiger partial charge in [-0.3, -0.25) is 9.69 Å². The number of rotatable bonds is 13. The first-order chi connectivity index (χ1) is 19.3. The molecule has 1 heterocycles. The van der Waals surface area contributed by atoms with E-state index in [1.807, 2.05) is 11.9 Å². The molecule has 5 unspecified atom stereocenters. The van der Waals surface area contributed by atoms with Gasteiger partial charge in [0.15, 0.2) is 0 Å². The lowest BCUT2D eigenvalue weighted by atomic mass is 9.72. The molecular weight excluding hydrogens is 494 g/mol. The number of methoxy groups -OCH3 is 1. The summed E-state index contributed by atoms with van der Waals surface area (Å²) in [5.74, 6) is 3.83. The van der Waals surface area contributed by atoms with Crippen molar-refractivity contribution in [1.29, 1.82) is 0 Å². The molecule has 0 spiro atoms. The molecular formula is C35H53N3O2. The van der Waals surface area contributed by atoms with Crippen LogP contribution in [0.15, 0.2) is 48.5 Å². The number of hydrogen-bond acceptors (Lipinski definition) is 4. The average molecular weight is 548 g/mol. The standard InChI is InChI=1S/C35H53N3O2/c1-7-29(30-14-18-34(40-6)19-15-30)22-35(31-10-8-9-11-31)25(2)26(3)36-32-16-12-28(13-17-32)23-38-21-20-33(24-38)37(5)27(4)39/h12-19,25-26,29,31,33,35-36H,7-11,20-24H2,1-6H3.